The number of benzene rings is 2. The first-order chi connectivity index (χ1) is 16.9. The second kappa shape index (κ2) is 11.4. The van der Waals surface area contributed by atoms with Crippen molar-refractivity contribution in [3.05, 3.63) is 82.2 Å². The lowest BCUT2D eigenvalue weighted by atomic mass is 9.93. The molecule has 0 unspecified atom stereocenters. The molecule has 0 spiro atoms. The van der Waals surface area contributed by atoms with Crippen molar-refractivity contribution < 1.29 is 0 Å². The third-order valence-electron chi connectivity index (χ3n) is 7.11. The Kier molecular flexibility index (Phi) is 8.76. The smallest absolute Gasteiger partial charge is 0.0702 e. The highest BCUT2D eigenvalue weighted by molar-refractivity contribution is 6.04. The SMILES string of the molecule is CC(=Nc1c(C(C)C)cccc1C(C)C)c1ccc(C(C)=Nc2c(C(C)C)cccc2C(C)C)n1C. The molecule has 0 N–H and O–H groups in total. The average molecular weight is 484 g/mol. The van der Waals surface area contributed by atoms with E-state index in [1.807, 2.05) is 0 Å². The van der Waals surface area contributed by atoms with E-state index in [9.17, 15) is 0 Å². The number of aliphatic imine (C=N–C) groups is 2. The summed E-state index contributed by atoms with van der Waals surface area (Å²) in [6.07, 6.45) is 0. The first-order valence-corrected chi connectivity index (χ1v) is 13.5. The van der Waals surface area contributed by atoms with Crippen LogP contribution in [0.15, 0.2) is 58.5 Å². The summed E-state index contributed by atoms with van der Waals surface area (Å²) in [4.78, 5) is 10.4. The quantitative estimate of drug-likeness (QED) is 0.285. The number of nitrogens with zero attached hydrogens (tertiary/aromatic N) is 3. The number of para-hydroxylation sites is 2. The minimum atomic E-state index is 0.421. The molecule has 0 aliphatic rings. The van der Waals surface area contributed by atoms with Gasteiger partial charge in [0.05, 0.1) is 34.2 Å². The third kappa shape index (κ3) is 5.72. The van der Waals surface area contributed by atoms with Crippen LogP contribution in [0.2, 0.25) is 0 Å². The van der Waals surface area contributed by atoms with Gasteiger partial charge in [-0.25, -0.2) is 0 Å². The van der Waals surface area contributed by atoms with Crippen molar-refractivity contribution in [3.8, 4) is 0 Å². The van der Waals surface area contributed by atoms with Crippen LogP contribution in [0.3, 0.4) is 0 Å². The molecule has 0 atom stereocenters. The molecule has 0 radical (unpaired) electrons. The molecule has 3 rings (SSSR count). The largest absolute Gasteiger partial charge is 0.342 e. The summed E-state index contributed by atoms with van der Waals surface area (Å²) in [7, 11) is 2.12. The van der Waals surface area contributed by atoms with E-state index in [2.05, 4.69) is 129 Å². The van der Waals surface area contributed by atoms with E-state index in [1.165, 1.54) is 22.3 Å². The number of hydrogen-bond acceptors (Lipinski definition) is 2. The molecule has 2 aromatic carbocycles. The Hall–Kier alpha value is -2.94. The Morgan fingerprint density at radius 2 is 0.806 bits per heavy atom. The van der Waals surface area contributed by atoms with Crippen LogP contribution in [-0.2, 0) is 7.05 Å². The first kappa shape index (κ1) is 27.6. The Morgan fingerprint density at radius 1 is 0.528 bits per heavy atom. The van der Waals surface area contributed by atoms with Crippen molar-refractivity contribution >= 4 is 22.8 Å². The maximum atomic E-state index is 5.22. The van der Waals surface area contributed by atoms with Crippen molar-refractivity contribution in [1.82, 2.24) is 4.57 Å². The van der Waals surface area contributed by atoms with Gasteiger partial charge in [0, 0.05) is 7.05 Å². The van der Waals surface area contributed by atoms with E-state index in [4.69, 9.17) is 9.98 Å². The van der Waals surface area contributed by atoms with Crippen molar-refractivity contribution in [3.63, 3.8) is 0 Å². The van der Waals surface area contributed by atoms with Crippen molar-refractivity contribution in [2.75, 3.05) is 0 Å². The maximum absolute atomic E-state index is 5.22. The molecule has 36 heavy (non-hydrogen) atoms. The van der Waals surface area contributed by atoms with Gasteiger partial charge in [-0.05, 0) is 71.9 Å². The van der Waals surface area contributed by atoms with Gasteiger partial charge in [0.1, 0.15) is 0 Å². The van der Waals surface area contributed by atoms with Gasteiger partial charge in [0.25, 0.3) is 0 Å². The highest BCUT2D eigenvalue weighted by Gasteiger charge is 2.17. The van der Waals surface area contributed by atoms with Crippen molar-refractivity contribution in [1.29, 1.82) is 0 Å². The second-order valence-electron chi connectivity index (χ2n) is 11.2. The summed E-state index contributed by atoms with van der Waals surface area (Å²) in [6.45, 7) is 22.2. The van der Waals surface area contributed by atoms with Gasteiger partial charge >= 0.3 is 0 Å². The van der Waals surface area contributed by atoms with Crippen LogP contribution in [0.1, 0.15) is 127 Å². The van der Waals surface area contributed by atoms with Gasteiger partial charge in [0.15, 0.2) is 0 Å². The predicted molar refractivity (Wildman–Crippen MR) is 158 cm³/mol. The zero-order valence-electron chi connectivity index (χ0n) is 24.3. The lowest BCUT2D eigenvalue weighted by Crippen LogP contribution is -2.10. The summed E-state index contributed by atoms with van der Waals surface area (Å²) < 4.78 is 2.23. The number of aromatic nitrogens is 1. The Morgan fingerprint density at radius 3 is 1.06 bits per heavy atom. The summed E-state index contributed by atoms with van der Waals surface area (Å²) in [5.74, 6) is 1.68. The van der Waals surface area contributed by atoms with E-state index in [0.717, 1.165) is 34.2 Å². The lowest BCUT2D eigenvalue weighted by molar-refractivity contribution is 0.834. The van der Waals surface area contributed by atoms with Crippen LogP contribution in [0.25, 0.3) is 0 Å². The molecule has 0 amide bonds. The Balaban J connectivity index is 2.10. The molecule has 0 aliphatic heterocycles. The van der Waals surface area contributed by atoms with Gasteiger partial charge in [-0.3, -0.25) is 9.98 Å². The molecule has 0 bridgehead atoms. The summed E-state index contributed by atoms with van der Waals surface area (Å²) in [5, 5.41) is 0. The topological polar surface area (TPSA) is 29.6 Å². The number of rotatable bonds is 8. The summed E-state index contributed by atoms with van der Waals surface area (Å²) in [5.41, 5.74) is 11.8. The average Bonchev–Trinajstić information content (AvgIpc) is 3.20. The van der Waals surface area contributed by atoms with Gasteiger partial charge in [0.2, 0.25) is 0 Å². The van der Waals surface area contributed by atoms with Gasteiger partial charge in [-0.15, -0.1) is 0 Å². The fraction of sp³-hybridized carbons (Fsp3) is 0.455. The van der Waals surface area contributed by atoms with E-state index in [0.29, 0.717) is 23.7 Å². The fourth-order valence-electron chi connectivity index (χ4n) is 4.97. The zero-order chi connectivity index (χ0) is 26.7. The van der Waals surface area contributed by atoms with Crippen LogP contribution in [0.4, 0.5) is 11.4 Å². The second-order valence-corrected chi connectivity index (χ2v) is 11.2. The van der Waals surface area contributed by atoms with Crippen LogP contribution >= 0.6 is 0 Å². The molecule has 0 aliphatic carbocycles. The van der Waals surface area contributed by atoms with Crippen LogP contribution in [0.5, 0.6) is 0 Å². The Labute approximate surface area is 219 Å². The van der Waals surface area contributed by atoms with Crippen molar-refractivity contribution in [2.24, 2.45) is 17.0 Å². The third-order valence-corrected chi connectivity index (χ3v) is 7.11. The van der Waals surface area contributed by atoms with E-state index >= 15 is 0 Å². The molecule has 1 aromatic heterocycles. The van der Waals surface area contributed by atoms with E-state index < -0.39 is 0 Å². The standard InChI is InChI=1S/C33H45N3/c1-20(2)26-14-12-15-27(21(3)4)32(26)34-24(9)30-18-19-31(36(30)11)25(10)35-33-28(22(5)6)16-13-17-29(33)23(7)8/h12-23H,1-11H3. The first-order valence-electron chi connectivity index (χ1n) is 13.5. The van der Waals surface area contributed by atoms with Crippen molar-refractivity contribution in [2.45, 2.75) is 92.9 Å². The molecular formula is C33H45N3. The monoisotopic (exact) mass is 483 g/mol. The highest BCUT2D eigenvalue weighted by Crippen LogP contribution is 2.36. The molecule has 0 fully saturated rings. The molecule has 0 saturated carbocycles. The van der Waals surface area contributed by atoms with Gasteiger partial charge < -0.3 is 4.57 Å². The summed E-state index contributed by atoms with van der Waals surface area (Å²) in [6, 6.07) is 17.6. The predicted octanol–water partition coefficient (Wildman–Crippen LogP) is 9.80. The van der Waals surface area contributed by atoms with Crippen LogP contribution < -0.4 is 0 Å². The van der Waals surface area contributed by atoms with Crippen LogP contribution in [-0.4, -0.2) is 16.0 Å². The zero-order valence-corrected chi connectivity index (χ0v) is 24.3. The Bertz CT molecular complexity index is 1120. The normalized spacial score (nSPS) is 13.1. The minimum absolute atomic E-state index is 0.421. The molecule has 192 valence electrons. The van der Waals surface area contributed by atoms with Gasteiger partial charge in [-0.1, -0.05) is 91.8 Å². The maximum Gasteiger partial charge on any atom is 0.0702 e. The summed E-state index contributed by atoms with van der Waals surface area (Å²) >= 11 is 0. The molecule has 1 heterocycles. The molecule has 3 aromatic rings. The molecule has 0 saturated heterocycles. The van der Waals surface area contributed by atoms with E-state index in [1.54, 1.807) is 0 Å². The minimum Gasteiger partial charge on any atom is -0.342 e. The van der Waals surface area contributed by atoms with Crippen LogP contribution in [0, 0.1) is 0 Å². The lowest BCUT2D eigenvalue weighted by Gasteiger charge is -2.18. The molecule has 3 nitrogen and oxygen atoms in total. The fourth-order valence-corrected chi connectivity index (χ4v) is 4.97. The molecule has 3 heteroatoms. The van der Waals surface area contributed by atoms with E-state index in [-0.39, 0.29) is 0 Å². The number of hydrogen-bond donors (Lipinski definition) is 0. The highest BCUT2D eigenvalue weighted by atomic mass is 15.0. The van der Waals surface area contributed by atoms with Gasteiger partial charge in [-0.2, -0.15) is 0 Å². The molecular weight excluding hydrogens is 438 g/mol.